The monoisotopic (exact) mass is 392 g/mol. The highest BCUT2D eigenvalue weighted by Crippen LogP contribution is 2.32. The number of ether oxygens (including phenoxy) is 2. The number of hydrogen-bond donors (Lipinski definition) is 1. The van der Waals surface area contributed by atoms with Crippen molar-refractivity contribution < 1.29 is 14.3 Å². The maximum atomic E-state index is 12.6. The minimum Gasteiger partial charge on any atom is -0.454 e. The lowest BCUT2D eigenvalue weighted by Gasteiger charge is -2.37. The van der Waals surface area contributed by atoms with Crippen LogP contribution < -0.4 is 14.8 Å². The van der Waals surface area contributed by atoms with E-state index in [1.54, 1.807) is 24.3 Å². The van der Waals surface area contributed by atoms with E-state index in [0.717, 1.165) is 44.2 Å². The van der Waals surface area contributed by atoms with Gasteiger partial charge in [-0.05, 0) is 42.8 Å². The highest BCUT2D eigenvalue weighted by molar-refractivity contribution is 5.94. The molecule has 1 N–H and O–H groups in total. The number of carbonyl (C=O) groups excluding carboxylic acids is 1. The number of nitrogens with zero attached hydrogens (tertiary/aromatic N) is 3. The molecule has 1 saturated heterocycles. The zero-order valence-electron chi connectivity index (χ0n) is 16.4. The van der Waals surface area contributed by atoms with E-state index in [2.05, 4.69) is 27.3 Å². The van der Waals surface area contributed by atoms with Gasteiger partial charge in [0.15, 0.2) is 11.5 Å². The van der Waals surface area contributed by atoms with E-state index in [1.165, 1.54) is 5.56 Å². The molecule has 150 valence electrons. The number of hydrogen-bond acceptors (Lipinski definition) is 6. The Morgan fingerprint density at radius 2 is 1.93 bits per heavy atom. The third kappa shape index (κ3) is 4.50. The summed E-state index contributed by atoms with van der Waals surface area (Å²) in [5.41, 5.74) is 2.39. The second-order valence-electron chi connectivity index (χ2n) is 7.36. The molecule has 0 bridgehead atoms. The third-order valence-corrected chi connectivity index (χ3v) is 5.44. The summed E-state index contributed by atoms with van der Waals surface area (Å²) in [5.74, 6) is 1.56. The van der Waals surface area contributed by atoms with Gasteiger partial charge in [0.05, 0.1) is 17.7 Å². The predicted octanol–water partition coefficient (Wildman–Crippen LogP) is 2.43. The molecule has 0 aromatic heterocycles. The van der Waals surface area contributed by atoms with Crippen molar-refractivity contribution in [2.75, 3.05) is 38.3 Å². The second kappa shape index (κ2) is 8.52. The molecule has 7 nitrogen and oxygen atoms in total. The van der Waals surface area contributed by atoms with Crippen LogP contribution in [0.1, 0.15) is 18.1 Å². The van der Waals surface area contributed by atoms with Gasteiger partial charge in [0, 0.05) is 38.4 Å². The summed E-state index contributed by atoms with van der Waals surface area (Å²) in [4.78, 5) is 17.2. The predicted molar refractivity (Wildman–Crippen MR) is 109 cm³/mol. The van der Waals surface area contributed by atoms with Crippen LogP contribution in [0.3, 0.4) is 0 Å². The lowest BCUT2D eigenvalue weighted by atomic mass is 10.1. The maximum absolute atomic E-state index is 12.6. The topological polar surface area (TPSA) is 77.8 Å². The molecule has 2 aromatic rings. The van der Waals surface area contributed by atoms with Crippen molar-refractivity contribution in [3.63, 3.8) is 0 Å². The smallest absolute Gasteiger partial charge is 0.241 e. The zero-order valence-corrected chi connectivity index (χ0v) is 16.4. The number of carbonyl (C=O) groups is 1. The Labute approximate surface area is 170 Å². The fourth-order valence-corrected chi connectivity index (χ4v) is 3.69. The fourth-order valence-electron chi connectivity index (χ4n) is 3.69. The number of piperazine rings is 1. The summed E-state index contributed by atoms with van der Waals surface area (Å²) in [6, 6.07) is 14.9. The van der Waals surface area contributed by atoms with Crippen LogP contribution in [0.25, 0.3) is 0 Å². The van der Waals surface area contributed by atoms with E-state index >= 15 is 0 Å². The van der Waals surface area contributed by atoms with Gasteiger partial charge in [0.25, 0.3) is 0 Å². The maximum Gasteiger partial charge on any atom is 0.241 e. The molecule has 0 spiro atoms. The molecule has 0 unspecified atom stereocenters. The second-order valence-corrected chi connectivity index (χ2v) is 7.36. The van der Waals surface area contributed by atoms with Crippen LogP contribution in [-0.2, 0) is 11.3 Å². The molecule has 1 fully saturated rings. The Kier molecular flexibility index (Phi) is 5.65. The summed E-state index contributed by atoms with van der Waals surface area (Å²) >= 11 is 0. The molecule has 0 radical (unpaired) electrons. The number of benzene rings is 2. The van der Waals surface area contributed by atoms with Crippen LogP contribution in [-0.4, -0.2) is 54.7 Å². The molecule has 2 aliphatic heterocycles. The van der Waals surface area contributed by atoms with Crippen molar-refractivity contribution >= 4 is 11.6 Å². The molecule has 0 aliphatic carbocycles. The molecule has 2 aliphatic rings. The number of rotatable bonds is 5. The SMILES string of the molecule is C[C@@H](C(=O)Nc1cccc(C#N)c1)N1CCN(Cc2ccc3c(c2)OCO3)CC1. The average Bonchev–Trinajstić information content (AvgIpc) is 3.22. The Morgan fingerprint density at radius 1 is 1.14 bits per heavy atom. The van der Waals surface area contributed by atoms with E-state index in [4.69, 9.17) is 14.7 Å². The van der Waals surface area contributed by atoms with Gasteiger partial charge in [-0.15, -0.1) is 0 Å². The van der Waals surface area contributed by atoms with Crippen LogP contribution in [0.5, 0.6) is 11.5 Å². The van der Waals surface area contributed by atoms with Crippen molar-refractivity contribution in [1.29, 1.82) is 5.26 Å². The number of nitrogens with one attached hydrogen (secondary N) is 1. The number of amides is 1. The fraction of sp³-hybridized carbons (Fsp3) is 0.364. The van der Waals surface area contributed by atoms with Gasteiger partial charge in [0.1, 0.15) is 0 Å². The molecule has 4 rings (SSSR count). The van der Waals surface area contributed by atoms with Gasteiger partial charge in [-0.2, -0.15) is 5.26 Å². The number of fused-ring (bicyclic) bond motifs is 1. The van der Waals surface area contributed by atoms with Crippen molar-refractivity contribution in [2.45, 2.75) is 19.5 Å². The zero-order chi connectivity index (χ0) is 20.2. The Bertz CT molecular complexity index is 932. The van der Waals surface area contributed by atoms with Crippen LogP contribution in [0.2, 0.25) is 0 Å². The number of anilines is 1. The summed E-state index contributed by atoms with van der Waals surface area (Å²) in [6.45, 7) is 6.53. The van der Waals surface area contributed by atoms with E-state index in [-0.39, 0.29) is 18.7 Å². The first-order valence-electron chi connectivity index (χ1n) is 9.78. The van der Waals surface area contributed by atoms with E-state index in [0.29, 0.717) is 11.3 Å². The van der Waals surface area contributed by atoms with Gasteiger partial charge < -0.3 is 14.8 Å². The first-order chi connectivity index (χ1) is 14.1. The molecular weight excluding hydrogens is 368 g/mol. The van der Waals surface area contributed by atoms with Crippen molar-refractivity contribution in [3.8, 4) is 17.6 Å². The molecule has 7 heteroatoms. The molecule has 2 aromatic carbocycles. The highest BCUT2D eigenvalue weighted by atomic mass is 16.7. The van der Waals surface area contributed by atoms with Crippen LogP contribution in [0.4, 0.5) is 5.69 Å². The molecule has 2 heterocycles. The molecular formula is C22H24N4O3. The third-order valence-electron chi connectivity index (χ3n) is 5.44. The molecule has 1 atom stereocenters. The van der Waals surface area contributed by atoms with Gasteiger partial charge in [-0.25, -0.2) is 0 Å². The van der Waals surface area contributed by atoms with Gasteiger partial charge in [-0.1, -0.05) is 12.1 Å². The Morgan fingerprint density at radius 3 is 2.72 bits per heavy atom. The van der Waals surface area contributed by atoms with Gasteiger partial charge in [-0.3, -0.25) is 14.6 Å². The molecule has 1 amide bonds. The van der Waals surface area contributed by atoms with E-state index < -0.39 is 0 Å². The lowest BCUT2D eigenvalue weighted by Crippen LogP contribution is -2.52. The Balaban J connectivity index is 1.28. The quantitative estimate of drug-likeness (QED) is 0.842. The minimum absolute atomic E-state index is 0.0516. The summed E-state index contributed by atoms with van der Waals surface area (Å²) < 4.78 is 10.8. The van der Waals surface area contributed by atoms with Crippen molar-refractivity contribution in [3.05, 3.63) is 53.6 Å². The lowest BCUT2D eigenvalue weighted by molar-refractivity contribution is -0.121. The summed E-state index contributed by atoms with van der Waals surface area (Å²) in [5, 5.41) is 11.9. The number of nitriles is 1. The average molecular weight is 392 g/mol. The first-order valence-corrected chi connectivity index (χ1v) is 9.78. The van der Waals surface area contributed by atoms with E-state index in [1.807, 2.05) is 19.1 Å². The van der Waals surface area contributed by atoms with Crippen LogP contribution >= 0.6 is 0 Å². The standard InChI is InChI=1S/C22H24N4O3/c1-16(22(27)24-19-4-2-3-17(11-19)13-23)26-9-7-25(8-10-26)14-18-5-6-20-21(12-18)29-15-28-20/h2-6,11-12,16H,7-10,14-15H2,1H3,(H,24,27)/t16-/m0/s1. The molecule has 0 saturated carbocycles. The summed E-state index contributed by atoms with van der Waals surface area (Å²) in [6.07, 6.45) is 0. The van der Waals surface area contributed by atoms with Crippen LogP contribution in [0, 0.1) is 11.3 Å². The molecule has 29 heavy (non-hydrogen) atoms. The summed E-state index contributed by atoms with van der Waals surface area (Å²) in [7, 11) is 0. The van der Waals surface area contributed by atoms with E-state index in [9.17, 15) is 4.79 Å². The van der Waals surface area contributed by atoms with Gasteiger partial charge in [0.2, 0.25) is 12.7 Å². The Hall–Kier alpha value is -3.08. The van der Waals surface area contributed by atoms with Gasteiger partial charge >= 0.3 is 0 Å². The highest BCUT2D eigenvalue weighted by Gasteiger charge is 2.26. The van der Waals surface area contributed by atoms with Crippen molar-refractivity contribution in [1.82, 2.24) is 9.80 Å². The van der Waals surface area contributed by atoms with Crippen LogP contribution in [0.15, 0.2) is 42.5 Å². The van der Waals surface area contributed by atoms with Crippen molar-refractivity contribution in [2.24, 2.45) is 0 Å². The normalized spacial score (nSPS) is 17.5. The minimum atomic E-state index is -0.228. The first kappa shape index (κ1) is 19.2. The largest absolute Gasteiger partial charge is 0.454 e.